The van der Waals surface area contributed by atoms with Gasteiger partial charge < -0.3 is 35.1 Å². The van der Waals surface area contributed by atoms with Gasteiger partial charge in [0.25, 0.3) is 11.8 Å². The van der Waals surface area contributed by atoms with Crippen molar-refractivity contribution in [2.24, 2.45) is 0 Å². The largest absolute Gasteiger partial charge is 0.456 e. The van der Waals surface area contributed by atoms with E-state index in [1.54, 1.807) is 6.20 Å². The number of hydrogen-bond donors (Lipinski definition) is 4. The van der Waals surface area contributed by atoms with E-state index in [4.69, 9.17) is 4.74 Å². The van der Waals surface area contributed by atoms with E-state index >= 15 is 0 Å². The minimum absolute atomic E-state index is 0.0820. The number of aromatic amines is 2. The lowest BCUT2D eigenvalue weighted by Gasteiger charge is -2.10. The third kappa shape index (κ3) is 7.69. The molecular formula is C37H39N7O3. The summed E-state index contributed by atoms with van der Waals surface area (Å²) >= 11 is 0. The van der Waals surface area contributed by atoms with Crippen molar-refractivity contribution >= 4 is 33.6 Å². The Hall–Kier alpha value is -5.45. The third-order valence-electron chi connectivity index (χ3n) is 7.87. The van der Waals surface area contributed by atoms with Crippen LogP contribution in [0.4, 0.5) is 0 Å². The molecule has 0 saturated heterocycles. The summed E-state index contributed by atoms with van der Waals surface area (Å²) in [5, 5.41) is 7.95. The molecule has 0 saturated carbocycles. The Morgan fingerprint density at radius 1 is 0.660 bits per heavy atom. The van der Waals surface area contributed by atoms with Gasteiger partial charge in [-0.25, -0.2) is 0 Å². The van der Waals surface area contributed by atoms with Gasteiger partial charge in [-0.2, -0.15) is 0 Å². The molecule has 0 fully saturated rings. The zero-order chi connectivity index (χ0) is 32.9. The molecule has 0 aliphatic rings. The summed E-state index contributed by atoms with van der Waals surface area (Å²) in [5.41, 5.74) is 6.61. The Morgan fingerprint density at radius 2 is 1.19 bits per heavy atom. The van der Waals surface area contributed by atoms with E-state index in [0.29, 0.717) is 35.7 Å². The summed E-state index contributed by atoms with van der Waals surface area (Å²) in [4.78, 5) is 40.6. The van der Waals surface area contributed by atoms with Crippen LogP contribution in [0.25, 0.3) is 44.5 Å². The Labute approximate surface area is 273 Å². The standard InChI is InChI=1S/C37H39N7O3/c1-43(2)17-15-38-36(45)27-7-5-25-19-32(41-33(25)21-27)24-9-11-29(12-10-24)47-30-13-14-31(40-23-30)35-20-26-6-8-28(22-34(26)42-35)37(46)39-16-18-44(3)4/h5-14,19-23,41-42H,15-18H2,1-4H3,(H,38,45)(H,39,46). The lowest BCUT2D eigenvalue weighted by molar-refractivity contribution is 0.0943. The number of carbonyl (C=O) groups is 2. The summed E-state index contributed by atoms with van der Waals surface area (Å²) < 4.78 is 6.08. The molecule has 0 radical (unpaired) electrons. The van der Waals surface area contributed by atoms with Crippen molar-refractivity contribution < 1.29 is 14.3 Å². The van der Waals surface area contributed by atoms with Gasteiger partial charge >= 0.3 is 0 Å². The molecule has 0 unspecified atom stereocenters. The number of pyridine rings is 1. The minimum Gasteiger partial charge on any atom is -0.456 e. The number of H-pyrrole nitrogens is 2. The predicted octanol–water partition coefficient (Wildman–Crippen LogP) is 5.75. The molecule has 3 aromatic carbocycles. The number of ether oxygens (including phenoxy) is 1. The van der Waals surface area contributed by atoms with Crippen LogP contribution in [0.2, 0.25) is 0 Å². The van der Waals surface area contributed by atoms with Gasteiger partial charge in [0.1, 0.15) is 11.5 Å². The maximum Gasteiger partial charge on any atom is 0.251 e. The van der Waals surface area contributed by atoms with E-state index in [1.165, 1.54) is 0 Å². The van der Waals surface area contributed by atoms with Gasteiger partial charge in [-0.15, -0.1) is 0 Å². The molecule has 0 aliphatic carbocycles. The molecule has 10 heteroatoms. The summed E-state index contributed by atoms with van der Waals surface area (Å²) in [5.74, 6) is 1.14. The normalized spacial score (nSPS) is 11.4. The van der Waals surface area contributed by atoms with Gasteiger partial charge in [0.05, 0.1) is 17.6 Å². The molecule has 6 aromatic rings. The Kier molecular flexibility index (Phi) is 9.32. The SMILES string of the molecule is CN(C)CCNC(=O)c1ccc2cc(-c3ccc(Oc4ccc(-c5cc6ccc(C(=O)NCCN(C)C)cc6[nH]5)nc4)cc3)[nH]c2c1. The van der Waals surface area contributed by atoms with Gasteiger partial charge in [-0.05, 0) is 107 Å². The lowest BCUT2D eigenvalue weighted by Crippen LogP contribution is -2.31. The molecule has 6 rings (SSSR count). The number of aromatic nitrogens is 3. The molecule has 47 heavy (non-hydrogen) atoms. The highest BCUT2D eigenvalue weighted by Crippen LogP contribution is 2.30. The van der Waals surface area contributed by atoms with Gasteiger partial charge in [0.15, 0.2) is 0 Å². The second kappa shape index (κ2) is 13.9. The fourth-order valence-electron chi connectivity index (χ4n) is 5.26. The Balaban J connectivity index is 1.08. The number of fused-ring (bicyclic) bond motifs is 2. The number of carbonyl (C=O) groups excluding carboxylic acids is 2. The first kappa shape index (κ1) is 31.5. The molecule has 0 aliphatic heterocycles. The zero-order valence-corrected chi connectivity index (χ0v) is 27.1. The number of benzene rings is 3. The fourth-order valence-corrected chi connectivity index (χ4v) is 5.26. The predicted molar refractivity (Wildman–Crippen MR) is 187 cm³/mol. The molecule has 0 atom stereocenters. The highest BCUT2D eigenvalue weighted by atomic mass is 16.5. The minimum atomic E-state index is -0.0926. The van der Waals surface area contributed by atoms with Crippen molar-refractivity contribution in [3.8, 4) is 34.1 Å². The highest BCUT2D eigenvalue weighted by Gasteiger charge is 2.12. The topological polar surface area (TPSA) is 118 Å². The number of hydrogen-bond acceptors (Lipinski definition) is 6. The van der Waals surface area contributed by atoms with Crippen LogP contribution < -0.4 is 15.4 Å². The molecule has 240 valence electrons. The highest BCUT2D eigenvalue weighted by molar-refractivity contribution is 5.99. The van der Waals surface area contributed by atoms with Crippen LogP contribution in [-0.4, -0.2) is 90.9 Å². The number of nitrogens with zero attached hydrogens (tertiary/aromatic N) is 3. The molecule has 0 spiro atoms. The van der Waals surface area contributed by atoms with Crippen LogP contribution in [0.15, 0.2) is 91.1 Å². The average Bonchev–Trinajstić information content (AvgIpc) is 3.69. The van der Waals surface area contributed by atoms with Gasteiger partial charge in [0.2, 0.25) is 0 Å². The molecule has 3 aromatic heterocycles. The monoisotopic (exact) mass is 629 g/mol. The van der Waals surface area contributed by atoms with E-state index in [1.807, 2.05) is 117 Å². The Morgan fingerprint density at radius 3 is 1.72 bits per heavy atom. The summed E-state index contributed by atoms with van der Waals surface area (Å²) in [6.07, 6.45) is 1.70. The molecule has 2 amide bonds. The van der Waals surface area contributed by atoms with E-state index in [9.17, 15) is 9.59 Å². The summed E-state index contributed by atoms with van der Waals surface area (Å²) in [6.45, 7) is 2.76. The van der Waals surface area contributed by atoms with Crippen molar-refractivity contribution in [2.75, 3.05) is 54.4 Å². The quantitative estimate of drug-likeness (QED) is 0.137. The number of amides is 2. The Bertz CT molecular complexity index is 1860. The first-order valence-corrected chi connectivity index (χ1v) is 15.6. The number of nitrogens with one attached hydrogen (secondary N) is 4. The first-order valence-electron chi connectivity index (χ1n) is 15.6. The van der Waals surface area contributed by atoms with Crippen LogP contribution in [0.3, 0.4) is 0 Å². The van der Waals surface area contributed by atoms with Crippen LogP contribution in [-0.2, 0) is 0 Å². The van der Waals surface area contributed by atoms with E-state index in [2.05, 4.69) is 31.7 Å². The lowest BCUT2D eigenvalue weighted by atomic mass is 10.1. The van der Waals surface area contributed by atoms with Crippen LogP contribution >= 0.6 is 0 Å². The summed E-state index contributed by atoms with van der Waals surface area (Å²) in [6, 6.07) is 27.1. The molecule has 0 bridgehead atoms. The first-order chi connectivity index (χ1) is 22.7. The van der Waals surface area contributed by atoms with Crippen LogP contribution in [0.1, 0.15) is 20.7 Å². The molecule has 10 nitrogen and oxygen atoms in total. The van der Waals surface area contributed by atoms with Crippen LogP contribution in [0, 0.1) is 0 Å². The third-order valence-corrected chi connectivity index (χ3v) is 7.87. The summed E-state index contributed by atoms with van der Waals surface area (Å²) in [7, 11) is 7.91. The van der Waals surface area contributed by atoms with Crippen molar-refractivity contribution in [1.82, 2.24) is 35.4 Å². The van der Waals surface area contributed by atoms with Crippen molar-refractivity contribution in [3.63, 3.8) is 0 Å². The van der Waals surface area contributed by atoms with Crippen molar-refractivity contribution in [1.29, 1.82) is 0 Å². The van der Waals surface area contributed by atoms with Crippen molar-refractivity contribution in [3.05, 3.63) is 102 Å². The van der Waals surface area contributed by atoms with E-state index in [-0.39, 0.29) is 11.8 Å². The van der Waals surface area contributed by atoms with E-state index in [0.717, 1.165) is 57.5 Å². The second-order valence-electron chi connectivity index (χ2n) is 12.1. The zero-order valence-electron chi connectivity index (χ0n) is 27.1. The maximum absolute atomic E-state index is 12.6. The van der Waals surface area contributed by atoms with Crippen LogP contribution in [0.5, 0.6) is 11.5 Å². The van der Waals surface area contributed by atoms with E-state index < -0.39 is 0 Å². The number of likely N-dealkylation sites (N-methyl/N-ethyl adjacent to an activating group) is 2. The fraction of sp³-hybridized carbons (Fsp3) is 0.216. The molecule has 4 N–H and O–H groups in total. The second-order valence-corrected chi connectivity index (χ2v) is 12.1. The van der Waals surface area contributed by atoms with Gasteiger partial charge in [-0.3, -0.25) is 14.6 Å². The maximum atomic E-state index is 12.6. The molecular weight excluding hydrogens is 590 g/mol. The van der Waals surface area contributed by atoms with Crippen molar-refractivity contribution in [2.45, 2.75) is 0 Å². The number of rotatable bonds is 12. The average molecular weight is 630 g/mol. The van der Waals surface area contributed by atoms with Gasteiger partial charge in [0, 0.05) is 64.8 Å². The molecule has 3 heterocycles. The smallest absolute Gasteiger partial charge is 0.251 e. The van der Waals surface area contributed by atoms with Gasteiger partial charge in [-0.1, -0.05) is 12.1 Å².